The Labute approximate surface area is 166 Å². The molecule has 0 radical (unpaired) electrons. The van der Waals surface area contributed by atoms with E-state index in [2.05, 4.69) is 15.8 Å². The van der Waals surface area contributed by atoms with E-state index in [4.69, 9.17) is 0 Å². The van der Waals surface area contributed by atoms with E-state index in [1.165, 1.54) is 24.3 Å². The highest BCUT2D eigenvalue weighted by Gasteiger charge is 2.08. The topological polar surface area (TPSA) is 71.1 Å². The molecular weight excluding hydrogens is 377 g/mol. The van der Waals surface area contributed by atoms with Crippen LogP contribution in [0.25, 0.3) is 0 Å². The number of carbonyl (C=O) groups is 2. The van der Waals surface area contributed by atoms with E-state index in [9.17, 15) is 14.0 Å². The van der Waals surface area contributed by atoms with Gasteiger partial charge >= 0.3 is 0 Å². The summed E-state index contributed by atoms with van der Waals surface area (Å²) in [4.78, 5) is 29.1. The molecule has 0 aliphatic heterocycles. The van der Waals surface area contributed by atoms with Gasteiger partial charge in [0.2, 0.25) is 5.91 Å². The minimum absolute atomic E-state index is 0.0461. The fourth-order valence-corrected chi connectivity index (χ4v) is 3.22. The average molecular weight is 395 g/mol. The molecule has 2 N–H and O–H groups in total. The van der Waals surface area contributed by atoms with E-state index < -0.39 is 5.91 Å². The molecule has 0 spiro atoms. The number of pyridine rings is 1. The number of thioether (sulfide) groups is 1. The molecular formula is C21H18FN3O2S. The maximum atomic E-state index is 12.9. The van der Waals surface area contributed by atoms with Crippen molar-refractivity contribution in [3.05, 3.63) is 95.6 Å². The van der Waals surface area contributed by atoms with Crippen LogP contribution in [0.3, 0.4) is 0 Å². The highest BCUT2D eigenvalue weighted by Crippen LogP contribution is 2.22. The van der Waals surface area contributed by atoms with Crippen LogP contribution in [0.5, 0.6) is 0 Å². The van der Waals surface area contributed by atoms with Crippen molar-refractivity contribution in [1.29, 1.82) is 0 Å². The number of hydrazine groups is 1. The number of hydrogen-bond donors (Lipinski definition) is 2. The van der Waals surface area contributed by atoms with Crippen LogP contribution >= 0.6 is 11.8 Å². The van der Waals surface area contributed by atoms with Crippen molar-refractivity contribution in [2.24, 2.45) is 0 Å². The van der Waals surface area contributed by atoms with Gasteiger partial charge in [-0.05, 0) is 53.6 Å². The minimum atomic E-state index is -0.406. The first kappa shape index (κ1) is 19.6. The Kier molecular flexibility index (Phi) is 6.75. The van der Waals surface area contributed by atoms with Crippen LogP contribution in [-0.4, -0.2) is 16.8 Å². The quantitative estimate of drug-likeness (QED) is 0.495. The number of nitrogens with one attached hydrogen (secondary N) is 2. The van der Waals surface area contributed by atoms with Crippen LogP contribution in [0, 0.1) is 5.82 Å². The van der Waals surface area contributed by atoms with Crippen molar-refractivity contribution in [1.82, 2.24) is 15.8 Å². The summed E-state index contributed by atoms with van der Waals surface area (Å²) in [7, 11) is 0. The third-order valence-electron chi connectivity index (χ3n) is 3.84. The highest BCUT2D eigenvalue weighted by molar-refractivity contribution is 7.98. The monoisotopic (exact) mass is 395 g/mol. The van der Waals surface area contributed by atoms with E-state index in [0.29, 0.717) is 11.1 Å². The normalized spacial score (nSPS) is 10.3. The van der Waals surface area contributed by atoms with Crippen LogP contribution in [0.4, 0.5) is 4.39 Å². The second-order valence-corrected chi connectivity index (χ2v) is 7.03. The Morgan fingerprint density at radius 1 is 0.929 bits per heavy atom. The van der Waals surface area contributed by atoms with Crippen molar-refractivity contribution in [2.45, 2.75) is 17.1 Å². The molecule has 0 fully saturated rings. The molecule has 0 unspecified atom stereocenters. The van der Waals surface area contributed by atoms with Crippen molar-refractivity contribution in [3.8, 4) is 0 Å². The number of rotatable bonds is 6. The maximum Gasteiger partial charge on any atom is 0.269 e. The fraction of sp³-hybridized carbons (Fsp3) is 0.0952. The predicted octanol–water partition coefficient (Wildman–Crippen LogP) is 3.52. The van der Waals surface area contributed by atoms with Crippen LogP contribution in [0.15, 0.2) is 78.0 Å². The number of halogens is 1. The van der Waals surface area contributed by atoms with E-state index >= 15 is 0 Å². The molecule has 3 rings (SSSR count). The zero-order valence-electron chi connectivity index (χ0n) is 14.9. The minimum Gasteiger partial charge on any atom is -0.273 e. The number of aromatic nitrogens is 1. The van der Waals surface area contributed by atoms with Gasteiger partial charge in [0.25, 0.3) is 5.91 Å². The lowest BCUT2D eigenvalue weighted by molar-refractivity contribution is -0.121. The Morgan fingerprint density at radius 3 is 2.36 bits per heavy atom. The number of amides is 2. The van der Waals surface area contributed by atoms with Gasteiger partial charge in [-0.25, -0.2) is 4.39 Å². The average Bonchev–Trinajstić information content (AvgIpc) is 2.73. The molecule has 0 bridgehead atoms. The summed E-state index contributed by atoms with van der Waals surface area (Å²) in [6, 6.07) is 16.7. The highest BCUT2D eigenvalue weighted by atomic mass is 32.2. The first-order chi connectivity index (χ1) is 13.6. The number of nitrogens with zero attached hydrogens (tertiary/aromatic N) is 1. The predicted molar refractivity (Wildman–Crippen MR) is 106 cm³/mol. The van der Waals surface area contributed by atoms with Crippen LogP contribution in [-0.2, 0) is 17.0 Å². The molecule has 0 saturated carbocycles. The van der Waals surface area contributed by atoms with Crippen LogP contribution < -0.4 is 10.9 Å². The smallest absolute Gasteiger partial charge is 0.269 e. The zero-order valence-corrected chi connectivity index (χ0v) is 15.7. The van der Waals surface area contributed by atoms with Gasteiger partial charge < -0.3 is 0 Å². The van der Waals surface area contributed by atoms with Gasteiger partial charge in [-0.15, -0.1) is 11.8 Å². The van der Waals surface area contributed by atoms with Crippen molar-refractivity contribution in [2.75, 3.05) is 0 Å². The van der Waals surface area contributed by atoms with Crippen molar-refractivity contribution in [3.63, 3.8) is 0 Å². The molecule has 7 heteroatoms. The lowest BCUT2D eigenvalue weighted by Gasteiger charge is -2.08. The van der Waals surface area contributed by atoms with Gasteiger partial charge in [0, 0.05) is 28.6 Å². The Morgan fingerprint density at radius 2 is 1.68 bits per heavy atom. The second kappa shape index (κ2) is 9.66. The lowest BCUT2D eigenvalue weighted by Crippen LogP contribution is -2.42. The molecule has 1 heterocycles. The first-order valence-electron chi connectivity index (χ1n) is 8.55. The van der Waals surface area contributed by atoms with E-state index in [1.54, 1.807) is 30.1 Å². The molecule has 142 valence electrons. The second-order valence-electron chi connectivity index (χ2n) is 5.98. The Hall–Kier alpha value is -3.19. The Balaban J connectivity index is 1.46. The summed E-state index contributed by atoms with van der Waals surface area (Å²) in [6.07, 6.45) is 3.61. The van der Waals surface area contributed by atoms with E-state index in [-0.39, 0.29) is 18.1 Å². The number of hydrogen-bond acceptors (Lipinski definition) is 4. The van der Waals surface area contributed by atoms with Gasteiger partial charge in [0.15, 0.2) is 0 Å². The lowest BCUT2D eigenvalue weighted by atomic mass is 10.1. The van der Waals surface area contributed by atoms with Crippen molar-refractivity contribution >= 4 is 23.6 Å². The summed E-state index contributed by atoms with van der Waals surface area (Å²) < 4.78 is 12.9. The summed E-state index contributed by atoms with van der Waals surface area (Å²) in [6.45, 7) is 0. The first-order valence-corrected chi connectivity index (χ1v) is 9.54. The third-order valence-corrected chi connectivity index (χ3v) is 4.92. The van der Waals surface area contributed by atoms with Crippen LogP contribution in [0.2, 0.25) is 0 Å². The number of carbonyl (C=O) groups excluding carboxylic acids is 2. The number of benzene rings is 2. The van der Waals surface area contributed by atoms with E-state index in [1.807, 2.05) is 30.5 Å². The molecule has 0 saturated heterocycles. The standard InChI is InChI=1S/C21H18FN3O2S/c22-18-7-3-15(4-8-18)12-20(26)24-25-21(27)17-5-9-19(10-6-17)28-14-16-2-1-11-23-13-16/h1-11,13H,12,14H2,(H,24,26)(H,25,27). The summed E-state index contributed by atoms with van der Waals surface area (Å²) in [5.74, 6) is -0.363. The fourth-order valence-electron chi connectivity index (χ4n) is 2.38. The molecule has 0 aliphatic rings. The van der Waals surface area contributed by atoms with Crippen molar-refractivity contribution < 1.29 is 14.0 Å². The molecule has 1 aromatic heterocycles. The molecule has 0 atom stereocenters. The van der Waals surface area contributed by atoms with Gasteiger partial charge in [0.05, 0.1) is 6.42 Å². The van der Waals surface area contributed by atoms with Gasteiger partial charge in [-0.2, -0.15) is 0 Å². The largest absolute Gasteiger partial charge is 0.273 e. The molecule has 3 aromatic rings. The molecule has 5 nitrogen and oxygen atoms in total. The SMILES string of the molecule is O=C(Cc1ccc(F)cc1)NNC(=O)c1ccc(SCc2cccnc2)cc1. The van der Waals surface area contributed by atoms with E-state index in [0.717, 1.165) is 16.2 Å². The third kappa shape index (κ3) is 5.92. The van der Waals surface area contributed by atoms with Gasteiger partial charge in [-0.3, -0.25) is 25.4 Å². The summed E-state index contributed by atoms with van der Waals surface area (Å²) in [5.41, 5.74) is 6.96. The molecule has 2 amide bonds. The zero-order chi connectivity index (χ0) is 19.8. The summed E-state index contributed by atoms with van der Waals surface area (Å²) >= 11 is 1.65. The van der Waals surface area contributed by atoms with Gasteiger partial charge in [-0.1, -0.05) is 18.2 Å². The Bertz CT molecular complexity index is 932. The summed E-state index contributed by atoms with van der Waals surface area (Å²) in [5, 5.41) is 0. The van der Waals surface area contributed by atoms with Crippen LogP contribution in [0.1, 0.15) is 21.5 Å². The molecule has 28 heavy (non-hydrogen) atoms. The molecule has 2 aromatic carbocycles. The molecule has 0 aliphatic carbocycles. The maximum absolute atomic E-state index is 12.9. The van der Waals surface area contributed by atoms with Gasteiger partial charge in [0.1, 0.15) is 5.82 Å².